The van der Waals surface area contributed by atoms with Gasteiger partial charge >= 0.3 is 0 Å². The van der Waals surface area contributed by atoms with E-state index in [2.05, 4.69) is 17.2 Å². The minimum Gasteiger partial charge on any atom is -0.384 e. The van der Waals surface area contributed by atoms with Crippen molar-refractivity contribution in [1.82, 2.24) is 5.32 Å². The van der Waals surface area contributed by atoms with Crippen molar-refractivity contribution in [1.29, 1.82) is 0 Å². The van der Waals surface area contributed by atoms with Gasteiger partial charge in [0.05, 0.1) is 5.56 Å². The van der Waals surface area contributed by atoms with Crippen molar-refractivity contribution in [2.45, 2.75) is 25.7 Å². The van der Waals surface area contributed by atoms with Crippen LogP contribution in [-0.2, 0) is 0 Å². The molecule has 0 saturated heterocycles. The molecule has 0 bridgehead atoms. The van der Waals surface area contributed by atoms with Crippen LogP contribution in [0.25, 0.3) is 0 Å². The zero-order valence-corrected chi connectivity index (χ0v) is 11.0. The summed E-state index contributed by atoms with van der Waals surface area (Å²) in [5.74, 6) is 5.94. The minimum atomic E-state index is -0.196. The van der Waals surface area contributed by atoms with Crippen LogP contribution in [0, 0.1) is 17.8 Å². The Balaban J connectivity index is 2.01. The van der Waals surface area contributed by atoms with Crippen LogP contribution in [0.1, 0.15) is 41.6 Å². The number of carbonyl (C=O) groups excluding carboxylic acids is 1. The van der Waals surface area contributed by atoms with Gasteiger partial charge in [0.15, 0.2) is 0 Å². The molecule has 3 heteroatoms. The van der Waals surface area contributed by atoms with E-state index in [1.54, 1.807) is 12.1 Å². The SMILES string of the molecule is O=C(NCC1CCCC1)c1ccccc1C#CCO. The van der Waals surface area contributed by atoms with E-state index in [0.717, 1.165) is 6.54 Å². The van der Waals surface area contributed by atoms with Crippen molar-refractivity contribution in [2.24, 2.45) is 5.92 Å². The fraction of sp³-hybridized carbons (Fsp3) is 0.438. The van der Waals surface area contributed by atoms with Crippen molar-refractivity contribution >= 4 is 5.91 Å². The van der Waals surface area contributed by atoms with E-state index in [-0.39, 0.29) is 12.5 Å². The summed E-state index contributed by atoms with van der Waals surface area (Å²) in [6.07, 6.45) is 4.98. The fourth-order valence-electron chi connectivity index (χ4n) is 2.47. The molecule has 0 aliphatic heterocycles. The molecule has 100 valence electrons. The van der Waals surface area contributed by atoms with Gasteiger partial charge in [0.1, 0.15) is 6.61 Å². The summed E-state index contributed by atoms with van der Waals surface area (Å²) in [5.41, 5.74) is 1.25. The molecule has 1 saturated carbocycles. The van der Waals surface area contributed by atoms with Gasteiger partial charge in [0, 0.05) is 12.1 Å². The Kier molecular flexibility index (Phi) is 5.00. The monoisotopic (exact) mass is 257 g/mol. The third-order valence-corrected chi connectivity index (χ3v) is 3.50. The van der Waals surface area contributed by atoms with Crippen LogP contribution in [0.2, 0.25) is 0 Å². The first-order valence-corrected chi connectivity index (χ1v) is 6.78. The summed E-state index contributed by atoms with van der Waals surface area (Å²) in [4.78, 5) is 12.1. The summed E-state index contributed by atoms with van der Waals surface area (Å²) >= 11 is 0. The van der Waals surface area contributed by atoms with Gasteiger partial charge in [-0.25, -0.2) is 0 Å². The van der Waals surface area contributed by atoms with Gasteiger partial charge in [0.25, 0.3) is 5.91 Å². The molecule has 0 heterocycles. The zero-order chi connectivity index (χ0) is 13.5. The van der Waals surface area contributed by atoms with Gasteiger partial charge in [-0.2, -0.15) is 0 Å². The predicted molar refractivity (Wildman–Crippen MR) is 74.7 cm³/mol. The third kappa shape index (κ3) is 3.84. The number of aliphatic hydroxyl groups excluding tert-OH is 1. The van der Waals surface area contributed by atoms with E-state index >= 15 is 0 Å². The van der Waals surface area contributed by atoms with Crippen molar-refractivity contribution in [3.05, 3.63) is 35.4 Å². The lowest BCUT2D eigenvalue weighted by molar-refractivity contribution is 0.0947. The zero-order valence-electron chi connectivity index (χ0n) is 11.0. The molecule has 1 fully saturated rings. The summed E-state index contributed by atoms with van der Waals surface area (Å²) < 4.78 is 0. The molecule has 3 nitrogen and oxygen atoms in total. The molecule has 2 N–H and O–H groups in total. The van der Waals surface area contributed by atoms with Gasteiger partial charge < -0.3 is 10.4 Å². The van der Waals surface area contributed by atoms with E-state index in [1.807, 2.05) is 12.1 Å². The lowest BCUT2D eigenvalue weighted by Crippen LogP contribution is -2.28. The van der Waals surface area contributed by atoms with Crippen LogP contribution in [0.4, 0.5) is 0 Å². The molecule has 1 aliphatic carbocycles. The van der Waals surface area contributed by atoms with Gasteiger partial charge in [-0.3, -0.25) is 4.79 Å². The highest BCUT2D eigenvalue weighted by Crippen LogP contribution is 2.23. The van der Waals surface area contributed by atoms with Crippen LogP contribution in [0.3, 0.4) is 0 Å². The molecular weight excluding hydrogens is 238 g/mol. The fourth-order valence-corrected chi connectivity index (χ4v) is 2.47. The molecule has 1 amide bonds. The van der Waals surface area contributed by atoms with Crippen LogP contribution in [-0.4, -0.2) is 24.2 Å². The Hall–Kier alpha value is -1.79. The Bertz CT molecular complexity index is 493. The Morgan fingerprint density at radius 2 is 2.05 bits per heavy atom. The van der Waals surface area contributed by atoms with E-state index in [1.165, 1.54) is 25.7 Å². The normalized spacial score (nSPS) is 14.8. The largest absolute Gasteiger partial charge is 0.384 e. The molecule has 2 rings (SSSR count). The number of hydrogen-bond acceptors (Lipinski definition) is 2. The number of hydrogen-bond donors (Lipinski definition) is 2. The van der Waals surface area contributed by atoms with Gasteiger partial charge in [-0.1, -0.05) is 36.8 Å². The minimum absolute atomic E-state index is 0.0743. The Labute approximate surface area is 114 Å². The maximum atomic E-state index is 12.1. The number of carbonyl (C=O) groups is 1. The first-order valence-electron chi connectivity index (χ1n) is 6.78. The number of rotatable bonds is 3. The van der Waals surface area contributed by atoms with Gasteiger partial charge in [0.2, 0.25) is 0 Å². The molecule has 0 aromatic heterocycles. The van der Waals surface area contributed by atoms with Crippen molar-refractivity contribution in [3.8, 4) is 11.8 Å². The molecular formula is C16H19NO2. The highest BCUT2D eigenvalue weighted by molar-refractivity contribution is 5.96. The lowest BCUT2D eigenvalue weighted by atomic mass is 10.1. The molecule has 1 aromatic carbocycles. The van der Waals surface area contributed by atoms with E-state index in [0.29, 0.717) is 17.0 Å². The standard InChI is InChI=1S/C16H19NO2/c18-11-5-9-14-8-3-4-10-15(14)16(19)17-12-13-6-1-2-7-13/h3-4,8,10,13,18H,1-2,6-7,11-12H2,(H,17,19). The van der Waals surface area contributed by atoms with Crippen LogP contribution in [0.15, 0.2) is 24.3 Å². The maximum Gasteiger partial charge on any atom is 0.252 e. The molecule has 0 spiro atoms. The molecule has 1 aliphatic rings. The van der Waals surface area contributed by atoms with Gasteiger partial charge in [-0.15, -0.1) is 0 Å². The van der Waals surface area contributed by atoms with E-state index in [9.17, 15) is 4.79 Å². The smallest absolute Gasteiger partial charge is 0.252 e. The Morgan fingerprint density at radius 3 is 2.79 bits per heavy atom. The number of aliphatic hydroxyl groups is 1. The molecule has 1 aromatic rings. The first kappa shape index (κ1) is 13.6. The molecule has 0 unspecified atom stereocenters. The summed E-state index contributed by atoms with van der Waals surface area (Å²) in [6.45, 7) is 0.554. The van der Waals surface area contributed by atoms with E-state index in [4.69, 9.17) is 5.11 Å². The number of nitrogens with one attached hydrogen (secondary N) is 1. The third-order valence-electron chi connectivity index (χ3n) is 3.50. The summed E-state index contributed by atoms with van der Waals surface area (Å²) in [5, 5.41) is 11.7. The lowest BCUT2D eigenvalue weighted by Gasteiger charge is -2.11. The first-order chi connectivity index (χ1) is 9.31. The second-order valence-corrected chi connectivity index (χ2v) is 4.87. The second-order valence-electron chi connectivity index (χ2n) is 4.87. The van der Waals surface area contributed by atoms with E-state index < -0.39 is 0 Å². The van der Waals surface area contributed by atoms with Crippen molar-refractivity contribution in [3.63, 3.8) is 0 Å². The molecule has 19 heavy (non-hydrogen) atoms. The highest BCUT2D eigenvalue weighted by atomic mass is 16.2. The predicted octanol–water partition coefficient (Wildman–Crippen LogP) is 1.95. The highest BCUT2D eigenvalue weighted by Gasteiger charge is 2.16. The second kappa shape index (κ2) is 6.96. The number of amides is 1. The maximum absolute atomic E-state index is 12.1. The van der Waals surface area contributed by atoms with Crippen molar-refractivity contribution in [2.75, 3.05) is 13.2 Å². The molecule has 0 atom stereocenters. The topological polar surface area (TPSA) is 49.3 Å². The number of benzene rings is 1. The van der Waals surface area contributed by atoms with Crippen molar-refractivity contribution < 1.29 is 9.90 Å². The summed E-state index contributed by atoms with van der Waals surface area (Å²) in [7, 11) is 0. The summed E-state index contributed by atoms with van der Waals surface area (Å²) in [6, 6.07) is 7.24. The Morgan fingerprint density at radius 1 is 1.32 bits per heavy atom. The van der Waals surface area contributed by atoms with Crippen LogP contribution >= 0.6 is 0 Å². The molecule has 0 radical (unpaired) electrons. The van der Waals surface area contributed by atoms with Crippen LogP contribution in [0.5, 0.6) is 0 Å². The van der Waals surface area contributed by atoms with Gasteiger partial charge in [-0.05, 0) is 30.9 Å². The average molecular weight is 257 g/mol. The quantitative estimate of drug-likeness (QED) is 0.813. The van der Waals surface area contributed by atoms with Crippen LogP contribution < -0.4 is 5.32 Å². The average Bonchev–Trinajstić information content (AvgIpc) is 2.96.